The van der Waals surface area contributed by atoms with Crippen molar-refractivity contribution in [2.45, 2.75) is 30.5 Å². The van der Waals surface area contributed by atoms with Crippen LogP contribution in [0.3, 0.4) is 0 Å². The molecule has 3 aromatic rings. The van der Waals surface area contributed by atoms with Crippen molar-refractivity contribution in [3.63, 3.8) is 0 Å². The SMILES string of the molecule is COc1ccc(CCSc2nnc(-c3ccccc3F)n2C2CC2)cc1. The molecule has 0 amide bonds. The zero-order valence-electron chi connectivity index (χ0n) is 14.6. The lowest BCUT2D eigenvalue weighted by atomic mass is 10.2. The molecule has 0 unspecified atom stereocenters. The van der Waals surface area contributed by atoms with E-state index in [0.717, 1.165) is 35.9 Å². The Morgan fingerprint density at radius 1 is 1.12 bits per heavy atom. The lowest BCUT2D eigenvalue weighted by Gasteiger charge is -2.09. The van der Waals surface area contributed by atoms with Crippen LogP contribution in [0.4, 0.5) is 4.39 Å². The zero-order valence-corrected chi connectivity index (χ0v) is 15.4. The van der Waals surface area contributed by atoms with Crippen LogP contribution in [0.2, 0.25) is 0 Å². The Morgan fingerprint density at radius 2 is 1.88 bits per heavy atom. The van der Waals surface area contributed by atoms with E-state index in [2.05, 4.69) is 26.9 Å². The summed E-state index contributed by atoms with van der Waals surface area (Å²) < 4.78 is 21.5. The second-order valence-corrected chi connectivity index (χ2v) is 7.40. The third-order valence-corrected chi connectivity index (χ3v) is 5.42. The summed E-state index contributed by atoms with van der Waals surface area (Å²) in [5, 5.41) is 9.51. The molecule has 1 fully saturated rings. The minimum atomic E-state index is -0.253. The number of rotatable bonds is 7. The molecular formula is C20H20FN3OS. The molecule has 0 spiro atoms. The van der Waals surface area contributed by atoms with Gasteiger partial charge in [0.15, 0.2) is 11.0 Å². The highest BCUT2D eigenvalue weighted by molar-refractivity contribution is 7.99. The fourth-order valence-electron chi connectivity index (χ4n) is 2.92. The first-order chi connectivity index (χ1) is 12.8. The van der Waals surface area contributed by atoms with Gasteiger partial charge < -0.3 is 4.74 Å². The Kier molecular flexibility index (Phi) is 4.93. The van der Waals surface area contributed by atoms with Crippen molar-refractivity contribution in [3.05, 3.63) is 59.9 Å². The zero-order chi connectivity index (χ0) is 17.9. The number of benzene rings is 2. The number of aromatic nitrogens is 3. The molecule has 1 aliphatic rings. The van der Waals surface area contributed by atoms with Gasteiger partial charge in [-0.3, -0.25) is 4.57 Å². The molecule has 0 aliphatic heterocycles. The molecule has 1 saturated carbocycles. The van der Waals surface area contributed by atoms with Gasteiger partial charge in [-0.15, -0.1) is 10.2 Å². The lowest BCUT2D eigenvalue weighted by Crippen LogP contribution is -2.01. The van der Waals surface area contributed by atoms with Crippen molar-refractivity contribution >= 4 is 11.8 Å². The van der Waals surface area contributed by atoms with Gasteiger partial charge >= 0.3 is 0 Å². The van der Waals surface area contributed by atoms with Crippen LogP contribution < -0.4 is 4.74 Å². The van der Waals surface area contributed by atoms with E-state index in [9.17, 15) is 4.39 Å². The van der Waals surface area contributed by atoms with Crippen LogP contribution in [0.5, 0.6) is 5.75 Å². The number of ether oxygens (including phenoxy) is 1. The molecule has 6 heteroatoms. The molecule has 4 rings (SSSR count). The summed E-state index contributed by atoms with van der Waals surface area (Å²) in [5.41, 5.74) is 1.78. The average molecular weight is 369 g/mol. The Hall–Kier alpha value is -2.34. The first-order valence-corrected chi connectivity index (χ1v) is 9.70. The van der Waals surface area contributed by atoms with Gasteiger partial charge in [-0.05, 0) is 49.1 Å². The summed E-state index contributed by atoms with van der Waals surface area (Å²) >= 11 is 1.68. The summed E-state index contributed by atoms with van der Waals surface area (Å²) in [6.07, 6.45) is 3.14. The van der Waals surface area contributed by atoms with E-state index in [0.29, 0.717) is 17.4 Å². The van der Waals surface area contributed by atoms with E-state index in [1.165, 1.54) is 11.6 Å². The van der Waals surface area contributed by atoms with Gasteiger partial charge in [0.1, 0.15) is 11.6 Å². The van der Waals surface area contributed by atoms with Gasteiger partial charge in [0.05, 0.1) is 12.7 Å². The standard InChI is InChI=1S/C20H20FN3OS/c1-25-16-10-6-14(7-11-16)12-13-26-20-23-22-19(24(20)15-8-9-15)17-4-2-3-5-18(17)21/h2-7,10-11,15H,8-9,12-13H2,1H3. The predicted molar refractivity (Wildman–Crippen MR) is 101 cm³/mol. The summed E-state index contributed by atoms with van der Waals surface area (Å²) in [6, 6.07) is 15.3. The van der Waals surface area contributed by atoms with Crippen LogP contribution in [0.15, 0.2) is 53.7 Å². The maximum atomic E-state index is 14.2. The molecule has 134 valence electrons. The third kappa shape index (κ3) is 3.60. The first-order valence-electron chi connectivity index (χ1n) is 8.72. The topological polar surface area (TPSA) is 39.9 Å². The van der Waals surface area contributed by atoms with Crippen LogP contribution in [0.1, 0.15) is 24.4 Å². The molecule has 1 aliphatic carbocycles. The van der Waals surface area contributed by atoms with Crippen molar-refractivity contribution in [1.82, 2.24) is 14.8 Å². The second-order valence-electron chi connectivity index (χ2n) is 6.33. The van der Waals surface area contributed by atoms with E-state index < -0.39 is 0 Å². The number of hydrogen-bond donors (Lipinski definition) is 0. The number of halogens is 1. The van der Waals surface area contributed by atoms with Crippen LogP contribution in [0, 0.1) is 5.82 Å². The first kappa shape index (κ1) is 17.1. The molecule has 0 atom stereocenters. The second kappa shape index (κ2) is 7.50. The van der Waals surface area contributed by atoms with E-state index in [4.69, 9.17) is 4.74 Å². The van der Waals surface area contributed by atoms with Gasteiger partial charge in [0.25, 0.3) is 0 Å². The largest absolute Gasteiger partial charge is 0.497 e. The van der Waals surface area contributed by atoms with Gasteiger partial charge in [-0.2, -0.15) is 0 Å². The summed E-state index contributed by atoms with van der Waals surface area (Å²) in [4.78, 5) is 0. The number of hydrogen-bond acceptors (Lipinski definition) is 4. The Morgan fingerprint density at radius 3 is 2.58 bits per heavy atom. The Bertz CT molecular complexity index is 890. The molecule has 4 nitrogen and oxygen atoms in total. The van der Waals surface area contributed by atoms with E-state index in [1.54, 1.807) is 31.0 Å². The number of aryl methyl sites for hydroxylation is 1. The van der Waals surface area contributed by atoms with E-state index >= 15 is 0 Å². The molecule has 2 aromatic carbocycles. The van der Waals surface area contributed by atoms with Crippen LogP contribution in [-0.4, -0.2) is 27.6 Å². The smallest absolute Gasteiger partial charge is 0.191 e. The minimum absolute atomic E-state index is 0.253. The van der Waals surface area contributed by atoms with Gasteiger partial charge in [0.2, 0.25) is 0 Å². The van der Waals surface area contributed by atoms with Crippen LogP contribution >= 0.6 is 11.8 Å². The highest BCUT2D eigenvalue weighted by Crippen LogP contribution is 2.41. The maximum absolute atomic E-state index is 14.2. The fourth-order valence-corrected chi connectivity index (χ4v) is 3.91. The number of thioether (sulfide) groups is 1. The van der Waals surface area contributed by atoms with Crippen molar-refractivity contribution in [2.75, 3.05) is 12.9 Å². The van der Waals surface area contributed by atoms with Crippen LogP contribution in [0.25, 0.3) is 11.4 Å². The van der Waals surface area contributed by atoms with Crippen molar-refractivity contribution in [1.29, 1.82) is 0 Å². The maximum Gasteiger partial charge on any atom is 0.191 e. The van der Waals surface area contributed by atoms with Crippen LogP contribution in [-0.2, 0) is 6.42 Å². The molecule has 0 saturated heterocycles. The molecule has 0 N–H and O–H groups in total. The van der Waals surface area contributed by atoms with E-state index in [1.807, 2.05) is 18.2 Å². The molecule has 0 radical (unpaired) electrons. The summed E-state index contributed by atoms with van der Waals surface area (Å²) in [6.45, 7) is 0. The molecule has 0 bridgehead atoms. The lowest BCUT2D eigenvalue weighted by molar-refractivity contribution is 0.414. The van der Waals surface area contributed by atoms with Crippen molar-refractivity contribution < 1.29 is 9.13 Å². The average Bonchev–Trinajstić information content (AvgIpc) is 3.43. The van der Waals surface area contributed by atoms with E-state index in [-0.39, 0.29) is 5.82 Å². The van der Waals surface area contributed by atoms with Gasteiger partial charge in [-0.25, -0.2) is 4.39 Å². The molecule has 1 heterocycles. The molecular weight excluding hydrogens is 349 g/mol. The van der Waals surface area contributed by atoms with Gasteiger partial charge in [0, 0.05) is 11.8 Å². The molecule has 1 aromatic heterocycles. The predicted octanol–water partition coefficient (Wildman–Crippen LogP) is 4.76. The Labute approximate surface area is 156 Å². The monoisotopic (exact) mass is 369 g/mol. The highest BCUT2D eigenvalue weighted by Gasteiger charge is 2.30. The minimum Gasteiger partial charge on any atom is -0.497 e. The fraction of sp³-hybridized carbons (Fsp3) is 0.300. The number of methoxy groups -OCH3 is 1. The molecule has 26 heavy (non-hydrogen) atoms. The summed E-state index contributed by atoms with van der Waals surface area (Å²) in [5.74, 6) is 2.15. The number of nitrogens with zero attached hydrogens (tertiary/aromatic N) is 3. The highest BCUT2D eigenvalue weighted by atomic mass is 32.2. The Balaban J connectivity index is 1.49. The quantitative estimate of drug-likeness (QED) is 0.563. The summed E-state index contributed by atoms with van der Waals surface area (Å²) in [7, 11) is 1.67. The van der Waals surface area contributed by atoms with Crippen molar-refractivity contribution in [3.8, 4) is 17.1 Å². The van der Waals surface area contributed by atoms with Gasteiger partial charge in [-0.1, -0.05) is 36.0 Å². The normalized spacial score (nSPS) is 13.8. The third-order valence-electron chi connectivity index (χ3n) is 4.47. The van der Waals surface area contributed by atoms with Crippen molar-refractivity contribution in [2.24, 2.45) is 0 Å².